The lowest BCUT2D eigenvalue weighted by Crippen LogP contribution is -2.63. The van der Waals surface area contributed by atoms with E-state index in [0.29, 0.717) is 5.56 Å². The van der Waals surface area contributed by atoms with E-state index < -0.39 is 87.7 Å². The lowest BCUT2D eigenvalue weighted by Gasteiger charge is -2.45. The van der Waals surface area contributed by atoms with Gasteiger partial charge in [-0.05, 0) is 101 Å². The summed E-state index contributed by atoms with van der Waals surface area (Å²) in [6.45, 7) is 19.3. The summed E-state index contributed by atoms with van der Waals surface area (Å²) in [4.78, 5) is 67.7. The molecule has 0 radical (unpaired) electrons. The summed E-state index contributed by atoms with van der Waals surface area (Å²) < 4.78 is 29.6. The van der Waals surface area contributed by atoms with Gasteiger partial charge in [0.1, 0.15) is 12.7 Å². The summed E-state index contributed by atoms with van der Waals surface area (Å²) >= 11 is 0. The van der Waals surface area contributed by atoms with Crippen LogP contribution in [0.15, 0.2) is 29.3 Å². The quantitative estimate of drug-likeness (QED) is 0.119. The van der Waals surface area contributed by atoms with Crippen molar-refractivity contribution in [1.82, 2.24) is 0 Å². The predicted molar refractivity (Wildman–Crippen MR) is 168 cm³/mol. The van der Waals surface area contributed by atoms with Gasteiger partial charge in [0.05, 0.1) is 26.6 Å². The topological polar surface area (TPSA) is 170 Å². The van der Waals surface area contributed by atoms with Gasteiger partial charge in [-0.3, -0.25) is 34.3 Å². The zero-order chi connectivity index (χ0) is 35.4. The van der Waals surface area contributed by atoms with E-state index in [-0.39, 0.29) is 5.69 Å². The average Bonchev–Trinajstić information content (AvgIpc) is 2.90. The smallest absolute Gasteiger partial charge is 0.311 e. The summed E-state index contributed by atoms with van der Waals surface area (Å²) in [7, 11) is 0. The predicted octanol–water partition coefficient (Wildman–Crippen LogP) is 5.20. The van der Waals surface area contributed by atoms with Crippen LogP contribution < -0.4 is 0 Å². The van der Waals surface area contributed by atoms with Crippen LogP contribution in [0.5, 0.6) is 0 Å². The summed E-state index contributed by atoms with van der Waals surface area (Å²) in [6, 6.07) is 5.53. The Morgan fingerprint density at radius 2 is 1.13 bits per heavy atom. The first-order valence-electron chi connectivity index (χ1n) is 15.1. The van der Waals surface area contributed by atoms with E-state index in [9.17, 15) is 29.3 Å². The molecule has 2 rings (SSSR count). The SMILES string of the molecule is CC(C)(C)C(=O)OC[C@@H]1O[C@H](N=Cc2ccc([N+](=O)[O-])cc2)[C@H](OC(=O)C(C)(C)C)[C@H](OC(=O)C(C)(C)C)[C@H]1OC(=O)C(C)(C)C. The molecule has 1 aliphatic heterocycles. The van der Waals surface area contributed by atoms with Crippen LogP contribution in [0, 0.1) is 31.8 Å². The van der Waals surface area contributed by atoms with Crippen molar-refractivity contribution in [2.75, 3.05) is 6.61 Å². The van der Waals surface area contributed by atoms with Gasteiger partial charge in [-0.25, -0.2) is 0 Å². The number of nitrogens with zero attached hydrogens (tertiary/aromatic N) is 2. The van der Waals surface area contributed by atoms with Crippen LogP contribution in [0.2, 0.25) is 0 Å². The molecule has 0 unspecified atom stereocenters. The van der Waals surface area contributed by atoms with E-state index in [1.54, 1.807) is 83.1 Å². The Morgan fingerprint density at radius 3 is 1.54 bits per heavy atom. The number of nitro groups is 1. The third-order valence-electron chi connectivity index (χ3n) is 6.64. The minimum absolute atomic E-state index is 0.124. The standard InChI is InChI=1S/C33H48N2O11/c1-30(2,3)26(36)42-18-21-22(44-27(37)31(4,5)6)23(45-28(38)32(7,8)9)24(46-29(39)33(10,11)12)25(43-21)34-17-19-13-15-20(16-14-19)35(40)41/h13-17,21-25H,18H2,1-12H3/t21-,22-,23+,24+,25-/m0/s1. The molecule has 0 saturated carbocycles. The monoisotopic (exact) mass is 648 g/mol. The number of non-ortho nitro benzene ring substituents is 1. The van der Waals surface area contributed by atoms with E-state index >= 15 is 0 Å². The second-order valence-electron chi connectivity index (χ2n) is 15.4. The summed E-state index contributed by atoms with van der Waals surface area (Å²) in [5, 5.41) is 11.1. The van der Waals surface area contributed by atoms with Crippen LogP contribution >= 0.6 is 0 Å². The third-order valence-corrected chi connectivity index (χ3v) is 6.64. The molecular formula is C33H48N2O11. The Kier molecular flexibility index (Phi) is 11.9. The van der Waals surface area contributed by atoms with Crippen LogP contribution in [-0.2, 0) is 42.9 Å². The fourth-order valence-corrected chi connectivity index (χ4v) is 3.67. The normalized spacial score (nSPS) is 22.6. The fraction of sp³-hybridized carbons (Fsp3) is 0.667. The van der Waals surface area contributed by atoms with Crippen molar-refractivity contribution in [3.63, 3.8) is 0 Å². The molecule has 0 aliphatic carbocycles. The molecule has 0 bridgehead atoms. The molecule has 13 heteroatoms. The minimum Gasteiger partial charge on any atom is -0.462 e. The number of carbonyl (C=O) groups is 4. The minimum atomic E-state index is -1.43. The van der Waals surface area contributed by atoms with Crippen LogP contribution in [0.25, 0.3) is 0 Å². The van der Waals surface area contributed by atoms with Crippen molar-refractivity contribution in [3.05, 3.63) is 39.9 Å². The van der Waals surface area contributed by atoms with Gasteiger partial charge in [0.25, 0.3) is 5.69 Å². The molecule has 0 amide bonds. The first-order chi connectivity index (χ1) is 20.8. The van der Waals surface area contributed by atoms with E-state index in [2.05, 4.69) is 4.99 Å². The van der Waals surface area contributed by atoms with Crippen LogP contribution in [0.3, 0.4) is 0 Å². The molecule has 1 aromatic rings. The molecule has 46 heavy (non-hydrogen) atoms. The van der Waals surface area contributed by atoms with Crippen LogP contribution in [0.4, 0.5) is 5.69 Å². The molecular weight excluding hydrogens is 600 g/mol. The highest BCUT2D eigenvalue weighted by Gasteiger charge is 2.54. The first-order valence-corrected chi connectivity index (χ1v) is 15.1. The Bertz CT molecular complexity index is 1310. The number of aliphatic imine (C=N–C) groups is 1. The van der Waals surface area contributed by atoms with E-state index in [4.69, 9.17) is 23.7 Å². The van der Waals surface area contributed by atoms with Crippen molar-refractivity contribution >= 4 is 35.8 Å². The molecule has 1 aliphatic rings. The van der Waals surface area contributed by atoms with Gasteiger partial charge in [-0.15, -0.1) is 0 Å². The summed E-state index contributed by atoms with van der Waals surface area (Å²) in [6.07, 6.45) is -5.43. The maximum Gasteiger partial charge on any atom is 0.311 e. The number of benzene rings is 1. The number of ether oxygens (including phenoxy) is 5. The Balaban J connectivity index is 2.73. The van der Waals surface area contributed by atoms with Gasteiger partial charge in [-0.1, -0.05) is 0 Å². The molecule has 1 heterocycles. The number of rotatable bonds is 8. The first kappa shape index (κ1) is 38.3. The zero-order valence-corrected chi connectivity index (χ0v) is 28.9. The highest BCUT2D eigenvalue weighted by atomic mass is 16.7. The molecule has 256 valence electrons. The molecule has 1 aromatic carbocycles. The zero-order valence-electron chi connectivity index (χ0n) is 28.9. The maximum atomic E-state index is 13.3. The largest absolute Gasteiger partial charge is 0.462 e. The van der Waals surface area contributed by atoms with E-state index in [1.165, 1.54) is 30.5 Å². The Morgan fingerprint density at radius 1 is 0.717 bits per heavy atom. The Labute approximate surface area is 270 Å². The molecule has 0 aromatic heterocycles. The average molecular weight is 649 g/mol. The maximum absolute atomic E-state index is 13.3. The van der Waals surface area contributed by atoms with Crippen molar-refractivity contribution in [1.29, 1.82) is 0 Å². The summed E-state index contributed by atoms with van der Waals surface area (Å²) in [5.74, 6) is -2.59. The van der Waals surface area contributed by atoms with Gasteiger partial charge in [0, 0.05) is 18.3 Å². The number of hydrogen-bond donors (Lipinski definition) is 0. The Hall–Kier alpha value is -3.87. The number of esters is 4. The lowest BCUT2D eigenvalue weighted by molar-refractivity contribution is -0.384. The molecule has 0 N–H and O–H groups in total. The molecule has 13 nitrogen and oxygen atoms in total. The molecule has 0 spiro atoms. The summed E-state index contributed by atoms with van der Waals surface area (Å²) in [5.41, 5.74) is -3.55. The molecule has 1 saturated heterocycles. The van der Waals surface area contributed by atoms with Crippen molar-refractivity contribution in [2.24, 2.45) is 26.7 Å². The third kappa shape index (κ3) is 10.6. The van der Waals surface area contributed by atoms with Gasteiger partial charge in [0.15, 0.2) is 24.5 Å². The highest BCUT2D eigenvalue weighted by molar-refractivity contribution is 5.80. The van der Waals surface area contributed by atoms with Crippen LogP contribution in [0.1, 0.15) is 88.6 Å². The number of hydrogen-bond acceptors (Lipinski definition) is 12. The van der Waals surface area contributed by atoms with Gasteiger partial charge in [-0.2, -0.15) is 0 Å². The number of nitro benzene ring substituents is 1. The van der Waals surface area contributed by atoms with Gasteiger partial charge in [0.2, 0.25) is 0 Å². The van der Waals surface area contributed by atoms with E-state index in [1.807, 2.05) is 0 Å². The van der Waals surface area contributed by atoms with Gasteiger partial charge < -0.3 is 23.7 Å². The van der Waals surface area contributed by atoms with Crippen LogP contribution in [-0.4, -0.2) is 72.3 Å². The number of carbonyl (C=O) groups excluding carboxylic acids is 4. The lowest BCUT2D eigenvalue weighted by atomic mass is 9.92. The van der Waals surface area contributed by atoms with Gasteiger partial charge >= 0.3 is 23.9 Å². The van der Waals surface area contributed by atoms with Crippen molar-refractivity contribution in [2.45, 2.75) is 114 Å². The molecule has 5 atom stereocenters. The highest BCUT2D eigenvalue weighted by Crippen LogP contribution is 2.34. The van der Waals surface area contributed by atoms with E-state index in [0.717, 1.165) is 0 Å². The van der Waals surface area contributed by atoms with Crippen molar-refractivity contribution in [3.8, 4) is 0 Å². The fourth-order valence-electron chi connectivity index (χ4n) is 3.67. The molecule has 1 fully saturated rings. The van der Waals surface area contributed by atoms with Crippen molar-refractivity contribution < 1.29 is 47.8 Å². The second-order valence-corrected chi connectivity index (χ2v) is 15.4. The second kappa shape index (κ2) is 14.3.